The van der Waals surface area contributed by atoms with Gasteiger partial charge < -0.3 is 9.88 Å². The van der Waals surface area contributed by atoms with Crippen LogP contribution in [0, 0.1) is 0 Å². The van der Waals surface area contributed by atoms with E-state index in [1.165, 1.54) is 6.26 Å². The summed E-state index contributed by atoms with van der Waals surface area (Å²) in [5.74, 6) is 0.964. The second-order valence-corrected chi connectivity index (χ2v) is 7.13. The Morgan fingerprint density at radius 2 is 2.14 bits per heavy atom. The lowest BCUT2D eigenvalue weighted by atomic mass is 10.0. The van der Waals surface area contributed by atoms with Gasteiger partial charge in [0.15, 0.2) is 9.84 Å². The lowest BCUT2D eigenvalue weighted by Gasteiger charge is -2.19. The number of hydrogen-bond donors (Lipinski definition) is 1. The van der Waals surface area contributed by atoms with E-state index >= 15 is 0 Å². The minimum absolute atomic E-state index is 0.0396. The maximum absolute atomic E-state index is 11.7. The molecule has 21 heavy (non-hydrogen) atoms. The summed E-state index contributed by atoms with van der Waals surface area (Å²) in [5.41, 5.74) is 0.961. The van der Waals surface area contributed by atoms with Crippen molar-refractivity contribution in [3.8, 4) is 0 Å². The number of likely N-dealkylation sites (N-methyl/N-ethyl adjacent to an activating group) is 1. The van der Waals surface area contributed by atoms with Gasteiger partial charge in [0.1, 0.15) is 5.82 Å². The third-order valence-electron chi connectivity index (χ3n) is 3.45. The highest BCUT2D eigenvalue weighted by Gasteiger charge is 2.16. The summed E-state index contributed by atoms with van der Waals surface area (Å²) < 4.78 is 25.4. The Morgan fingerprint density at radius 3 is 2.71 bits per heavy atom. The highest BCUT2D eigenvalue weighted by atomic mass is 32.2. The van der Waals surface area contributed by atoms with E-state index in [9.17, 15) is 8.42 Å². The average Bonchev–Trinajstić information content (AvgIpc) is 2.83. The average molecular weight is 307 g/mol. The molecular formula is C15H21N3O2S. The number of aromatic nitrogens is 2. The van der Waals surface area contributed by atoms with E-state index in [2.05, 4.69) is 10.3 Å². The molecule has 2 rings (SSSR count). The molecule has 0 aliphatic heterocycles. The quantitative estimate of drug-likeness (QED) is 0.882. The highest BCUT2D eigenvalue weighted by Crippen LogP contribution is 2.21. The fourth-order valence-corrected chi connectivity index (χ4v) is 2.97. The molecule has 1 aromatic carbocycles. The molecule has 0 saturated carbocycles. The molecule has 1 aromatic heterocycles. The second-order valence-electron chi connectivity index (χ2n) is 5.11. The van der Waals surface area contributed by atoms with Crippen LogP contribution in [-0.2, 0) is 23.3 Å². The molecular weight excluding hydrogens is 286 g/mol. The van der Waals surface area contributed by atoms with E-state index in [0.29, 0.717) is 11.3 Å². The van der Waals surface area contributed by atoms with Crippen molar-refractivity contribution in [2.75, 3.05) is 12.8 Å². The fraction of sp³-hybridized carbons (Fsp3) is 0.400. The summed E-state index contributed by atoms with van der Waals surface area (Å²) in [4.78, 5) is 4.69. The molecule has 6 heteroatoms. The first kappa shape index (κ1) is 15.7. The van der Waals surface area contributed by atoms with Gasteiger partial charge >= 0.3 is 0 Å². The lowest BCUT2D eigenvalue weighted by Crippen LogP contribution is -2.24. The van der Waals surface area contributed by atoms with Gasteiger partial charge in [-0.1, -0.05) is 19.1 Å². The zero-order valence-electron chi connectivity index (χ0n) is 12.6. The number of rotatable bonds is 6. The number of aryl methyl sites for hydroxylation is 1. The van der Waals surface area contributed by atoms with Gasteiger partial charge in [-0.15, -0.1) is 0 Å². The summed E-state index contributed by atoms with van der Waals surface area (Å²) in [6, 6.07) is 7.14. The smallest absolute Gasteiger partial charge is 0.175 e. The van der Waals surface area contributed by atoms with E-state index in [-0.39, 0.29) is 6.04 Å². The topological polar surface area (TPSA) is 64.0 Å². The minimum atomic E-state index is -3.19. The van der Waals surface area contributed by atoms with Crippen molar-refractivity contribution in [2.45, 2.75) is 24.3 Å². The zero-order valence-corrected chi connectivity index (χ0v) is 13.4. The molecule has 0 amide bonds. The summed E-state index contributed by atoms with van der Waals surface area (Å²) >= 11 is 0. The molecule has 114 valence electrons. The van der Waals surface area contributed by atoms with E-state index in [1.807, 2.05) is 30.8 Å². The molecule has 1 atom stereocenters. The van der Waals surface area contributed by atoms with Crippen molar-refractivity contribution in [1.82, 2.24) is 14.9 Å². The molecule has 0 radical (unpaired) electrons. The van der Waals surface area contributed by atoms with Crippen LogP contribution in [-0.4, -0.2) is 30.8 Å². The predicted octanol–water partition coefficient (Wildman–Crippen LogP) is 1.72. The van der Waals surface area contributed by atoms with Crippen molar-refractivity contribution in [2.24, 2.45) is 7.05 Å². The van der Waals surface area contributed by atoms with E-state index < -0.39 is 9.84 Å². The standard InChI is InChI=1S/C15H21N3O2S/c1-4-16-14(11-15-17-8-9-18(15)2)12-6-5-7-13(10-12)21(3,19)20/h5-10,14,16H,4,11H2,1-3H3. The van der Waals surface area contributed by atoms with E-state index in [0.717, 1.165) is 17.9 Å². The normalized spacial score (nSPS) is 13.3. The molecule has 0 bridgehead atoms. The van der Waals surface area contributed by atoms with Crippen LogP contribution in [0.3, 0.4) is 0 Å². The van der Waals surface area contributed by atoms with Crippen LogP contribution in [0.25, 0.3) is 0 Å². The minimum Gasteiger partial charge on any atom is -0.338 e. The molecule has 0 saturated heterocycles. The second kappa shape index (κ2) is 6.41. The molecule has 1 unspecified atom stereocenters. The monoisotopic (exact) mass is 307 g/mol. The van der Waals surface area contributed by atoms with Gasteiger partial charge in [-0.05, 0) is 24.2 Å². The van der Waals surface area contributed by atoms with Crippen LogP contribution >= 0.6 is 0 Å². The van der Waals surface area contributed by atoms with Crippen molar-refractivity contribution >= 4 is 9.84 Å². The summed E-state index contributed by atoms with van der Waals surface area (Å²) in [6.45, 7) is 2.84. The van der Waals surface area contributed by atoms with Gasteiger partial charge in [-0.25, -0.2) is 13.4 Å². The van der Waals surface area contributed by atoms with E-state index in [1.54, 1.807) is 24.4 Å². The van der Waals surface area contributed by atoms with E-state index in [4.69, 9.17) is 0 Å². The molecule has 5 nitrogen and oxygen atoms in total. The Kier molecular flexibility index (Phi) is 4.80. The third kappa shape index (κ3) is 3.92. The summed E-state index contributed by atoms with van der Waals surface area (Å²) in [5, 5.41) is 3.39. The first-order valence-corrected chi connectivity index (χ1v) is 8.80. The van der Waals surface area contributed by atoms with Gasteiger partial charge in [0, 0.05) is 38.2 Å². The first-order chi connectivity index (χ1) is 9.91. The van der Waals surface area contributed by atoms with Gasteiger partial charge in [0.25, 0.3) is 0 Å². The van der Waals surface area contributed by atoms with Crippen LogP contribution in [0.1, 0.15) is 24.4 Å². The van der Waals surface area contributed by atoms with Crippen LogP contribution in [0.5, 0.6) is 0 Å². The molecule has 0 aliphatic carbocycles. The first-order valence-electron chi connectivity index (χ1n) is 6.91. The lowest BCUT2D eigenvalue weighted by molar-refractivity contribution is 0.528. The van der Waals surface area contributed by atoms with Crippen molar-refractivity contribution in [1.29, 1.82) is 0 Å². The number of sulfone groups is 1. The molecule has 0 spiro atoms. The Morgan fingerprint density at radius 1 is 1.38 bits per heavy atom. The van der Waals surface area contributed by atoms with Gasteiger partial charge in [0.05, 0.1) is 4.90 Å². The Hall–Kier alpha value is -1.66. The number of hydrogen-bond acceptors (Lipinski definition) is 4. The molecule has 0 fully saturated rings. The molecule has 0 aliphatic rings. The van der Waals surface area contributed by atoms with Crippen molar-refractivity contribution in [3.63, 3.8) is 0 Å². The Balaban J connectivity index is 2.32. The van der Waals surface area contributed by atoms with Gasteiger partial charge in [0.2, 0.25) is 0 Å². The summed E-state index contributed by atoms with van der Waals surface area (Å²) in [6.07, 6.45) is 5.62. The number of benzene rings is 1. The molecule has 1 heterocycles. The van der Waals surface area contributed by atoms with Gasteiger partial charge in [-0.3, -0.25) is 0 Å². The fourth-order valence-electron chi connectivity index (χ4n) is 2.29. The highest BCUT2D eigenvalue weighted by molar-refractivity contribution is 7.90. The number of imidazole rings is 1. The van der Waals surface area contributed by atoms with Crippen LogP contribution in [0.15, 0.2) is 41.6 Å². The van der Waals surface area contributed by atoms with Crippen molar-refractivity contribution in [3.05, 3.63) is 48.0 Å². The summed E-state index contributed by atoms with van der Waals surface area (Å²) in [7, 11) is -1.24. The maximum atomic E-state index is 11.7. The predicted molar refractivity (Wildman–Crippen MR) is 82.9 cm³/mol. The number of nitrogens with zero attached hydrogens (tertiary/aromatic N) is 2. The van der Waals surface area contributed by atoms with Crippen molar-refractivity contribution < 1.29 is 8.42 Å². The SMILES string of the molecule is CCNC(Cc1nccn1C)c1cccc(S(C)(=O)=O)c1. The third-order valence-corrected chi connectivity index (χ3v) is 4.56. The van der Waals surface area contributed by atoms with Crippen LogP contribution < -0.4 is 5.32 Å². The largest absolute Gasteiger partial charge is 0.338 e. The number of nitrogens with one attached hydrogen (secondary N) is 1. The van der Waals surface area contributed by atoms with Crippen LogP contribution in [0.4, 0.5) is 0 Å². The molecule has 2 aromatic rings. The van der Waals surface area contributed by atoms with Gasteiger partial charge in [-0.2, -0.15) is 0 Å². The van der Waals surface area contributed by atoms with Crippen LogP contribution in [0.2, 0.25) is 0 Å². The Labute approximate surface area is 125 Å². The maximum Gasteiger partial charge on any atom is 0.175 e. The zero-order chi connectivity index (χ0) is 15.5. The molecule has 1 N–H and O–H groups in total. The Bertz CT molecular complexity index is 707.